The minimum atomic E-state index is -2.87. The Labute approximate surface area is 116 Å². The standard InChI is InChI=1S/C11H18BrN3O2S/c1-9-10(8-12)11(14(2)13-9)15-4-3-6-18(16,17)7-5-15/h3-8H2,1-2H3. The van der Waals surface area contributed by atoms with Gasteiger partial charge in [-0.1, -0.05) is 15.9 Å². The number of rotatable bonds is 2. The van der Waals surface area contributed by atoms with E-state index in [9.17, 15) is 8.42 Å². The van der Waals surface area contributed by atoms with Gasteiger partial charge in [-0.2, -0.15) is 5.10 Å². The van der Waals surface area contributed by atoms with Gasteiger partial charge in [0.05, 0.1) is 17.2 Å². The van der Waals surface area contributed by atoms with E-state index in [-0.39, 0.29) is 5.75 Å². The minimum absolute atomic E-state index is 0.235. The molecule has 102 valence electrons. The third-order valence-corrected chi connectivity index (χ3v) is 5.58. The zero-order valence-electron chi connectivity index (χ0n) is 10.7. The first-order chi connectivity index (χ1) is 8.44. The van der Waals surface area contributed by atoms with Crippen LogP contribution >= 0.6 is 15.9 Å². The number of halogens is 1. The molecule has 0 aromatic carbocycles. The SMILES string of the molecule is Cc1nn(C)c(N2CCCS(=O)(=O)CC2)c1CBr. The Morgan fingerprint density at radius 2 is 2.06 bits per heavy atom. The van der Waals surface area contributed by atoms with Gasteiger partial charge in [0.1, 0.15) is 5.82 Å². The van der Waals surface area contributed by atoms with Gasteiger partial charge in [0, 0.05) is 31.0 Å². The van der Waals surface area contributed by atoms with Crippen molar-refractivity contribution in [1.82, 2.24) is 9.78 Å². The third kappa shape index (κ3) is 2.71. The topological polar surface area (TPSA) is 55.2 Å². The zero-order chi connectivity index (χ0) is 13.3. The number of alkyl halides is 1. The Morgan fingerprint density at radius 3 is 2.72 bits per heavy atom. The van der Waals surface area contributed by atoms with E-state index in [1.807, 2.05) is 18.7 Å². The highest BCUT2D eigenvalue weighted by molar-refractivity contribution is 9.08. The van der Waals surface area contributed by atoms with Gasteiger partial charge < -0.3 is 4.90 Å². The lowest BCUT2D eigenvalue weighted by molar-refractivity contribution is 0.597. The fraction of sp³-hybridized carbons (Fsp3) is 0.727. The molecule has 1 aromatic heterocycles. The molecule has 7 heteroatoms. The maximum absolute atomic E-state index is 11.6. The van der Waals surface area contributed by atoms with Gasteiger partial charge in [-0.15, -0.1) is 0 Å². The zero-order valence-corrected chi connectivity index (χ0v) is 13.1. The summed E-state index contributed by atoms with van der Waals surface area (Å²) in [5, 5.41) is 5.16. The van der Waals surface area contributed by atoms with Crippen LogP contribution in [0.3, 0.4) is 0 Å². The van der Waals surface area contributed by atoms with Crippen molar-refractivity contribution in [3.8, 4) is 0 Å². The van der Waals surface area contributed by atoms with Crippen LogP contribution in [0.15, 0.2) is 0 Å². The number of hydrogen-bond acceptors (Lipinski definition) is 4. The van der Waals surface area contributed by atoms with Gasteiger partial charge in [-0.25, -0.2) is 8.42 Å². The van der Waals surface area contributed by atoms with Gasteiger partial charge in [0.2, 0.25) is 0 Å². The molecule has 1 aromatic rings. The van der Waals surface area contributed by atoms with E-state index in [0.29, 0.717) is 18.7 Å². The maximum atomic E-state index is 11.6. The van der Waals surface area contributed by atoms with Gasteiger partial charge in [-0.3, -0.25) is 4.68 Å². The number of nitrogens with zero attached hydrogens (tertiary/aromatic N) is 3. The van der Waals surface area contributed by atoms with Crippen LogP contribution in [-0.2, 0) is 22.2 Å². The summed E-state index contributed by atoms with van der Waals surface area (Å²) in [6, 6.07) is 0. The van der Waals surface area contributed by atoms with Crippen molar-refractivity contribution in [3.05, 3.63) is 11.3 Å². The molecular weight excluding hydrogens is 318 g/mol. The van der Waals surface area contributed by atoms with Gasteiger partial charge in [0.15, 0.2) is 9.84 Å². The van der Waals surface area contributed by atoms with Crippen molar-refractivity contribution in [3.63, 3.8) is 0 Å². The smallest absolute Gasteiger partial charge is 0.152 e. The lowest BCUT2D eigenvalue weighted by Gasteiger charge is -2.23. The Morgan fingerprint density at radius 1 is 1.33 bits per heavy atom. The van der Waals surface area contributed by atoms with E-state index in [1.165, 1.54) is 0 Å². The highest BCUT2D eigenvalue weighted by Gasteiger charge is 2.24. The molecule has 1 saturated heterocycles. The maximum Gasteiger partial charge on any atom is 0.152 e. The van der Waals surface area contributed by atoms with Crippen LogP contribution in [0, 0.1) is 6.92 Å². The van der Waals surface area contributed by atoms with Crippen molar-refractivity contribution in [2.24, 2.45) is 7.05 Å². The first-order valence-electron chi connectivity index (χ1n) is 5.98. The first kappa shape index (κ1) is 13.9. The van der Waals surface area contributed by atoms with Crippen LogP contribution in [0.25, 0.3) is 0 Å². The molecule has 0 N–H and O–H groups in total. The van der Waals surface area contributed by atoms with E-state index in [1.54, 1.807) is 0 Å². The molecule has 0 spiro atoms. The molecule has 0 atom stereocenters. The number of sulfone groups is 1. The number of hydrogen-bond donors (Lipinski definition) is 0. The Bertz CT molecular complexity index is 539. The first-order valence-corrected chi connectivity index (χ1v) is 8.92. The summed E-state index contributed by atoms with van der Waals surface area (Å²) >= 11 is 3.48. The lowest BCUT2D eigenvalue weighted by Crippen LogP contribution is -2.29. The molecule has 18 heavy (non-hydrogen) atoms. The second kappa shape index (κ2) is 5.21. The second-order valence-corrected chi connectivity index (χ2v) is 7.50. The molecule has 0 radical (unpaired) electrons. The molecule has 0 aliphatic carbocycles. The summed E-state index contributed by atoms with van der Waals surface area (Å²) in [5.74, 6) is 1.57. The normalized spacial score (nSPS) is 19.8. The summed E-state index contributed by atoms with van der Waals surface area (Å²) in [5.41, 5.74) is 2.15. The molecule has 0 bridgehead atoms. The molecule has 0 amide bonds. The summed E-state index contributed by atoms with van der Waals surface area (Å²) in [6.07, 6.45) is 0.689. The largest absolute Gasteiger partial charge is 0.356 e. The van der Waals surface area contributed by atoms with Gasteiger partial charge >= 0.3 is 0 Å². The highest BCUT2D eigenvalue weighted by Crippen LogP contribution is 2.26. The Hall–Kier alpha value is -0.560. The number of anilines is 1. The summed E-state index contributed by atoms with van der Waals surface area (Å²) in [4.78, 5) is 2.14. The number of aryl methyl sites for hydroxylation is 2. The van der Waals surface area contributed by atoms with Crippen molar-refractivity contribution in [2.75, 3.05) is 29.5 Å². The fourth-order valence-corrected chi connectivity index (χ4v) is 4.32. The Balaban J connectivity index is 2.32. The van der Waals surface area contributed by atoms with Crippen LogP contribution < -0.4 is 4.90 Å². The summed E-state index contributed by atoms with van der Waals surface area (Å²) in [6.45, 7) is 3.31. The quantitative estimate of drug-likeness (QED) is 0.763. The average molecular weight is 336 g/mol. The van der Waals surface area contributed by atoms with E-state index in [0.717, 1.165) is 29.0 Å². The van der Waals surface area contributed by atoms with Crippen molar-refractivity contribution in [2.45, 2.75) is 18.7 Å². The molecule has 2 rings (SSSR count). The summed E-state index contributed by atoms with van der Waals surface area (Å²) in [7, 11) is -0.958. The third-order valence-electron chi connectivity index (χ3n) is 3.30. The van der Waals surface area contributed by atoms with Crippen LogP contribution in [0.1, 0.15) is 17.7 Å². The van der Waals surface area contributed by atoms with E-state index >= 15 is 0 Å². The van der Waals surface area contributed by atoms with Gasteiger partial charge in [0.25, 0.3) is 0 Å². The minimum Gasteiger partial charge on any atom is -0.356 e. The predicted molar refractivity (Wildman–Crippen MR) is 76.1 cm³/mol. The molecule has 2 heterocycles. The van der Waals surface area contributed by atoms with Crippen LogP contribution in [0.5, 0.6) is 0 Å². The predicted octanol–water partition coefficient (Wildman–Crippen LogP) is 1.25. The Kier molecular flexibility index (Phi) is 4.01. The van der Waals surface area contributed by atoms with E-state index in [2.05, 4.69) is 25.9 Å². The summed E-state index contributed by atoms with van der Waals surface area (Å²) < 4.78 is 25.1. The average Bonchev–Trinajstić information content (AvgIpc) is 2.45. The molecule has 1 aliphatic heterocycles. The van der Waals surface area contributed by atoms with Crippen molar-refractivity contribution in [1.29, 1.82) is 0 Å². The molecular formula is C11H18BrN3O2S. The fourth-order valence-electron chi connectivity index (χ4n) is 2.39. The molecule has 0 unspecified atom stereocenters. The second-order valence-electron chi connectivity index (χ2n) is 4.64. The molecule has 0 saturated carbocycles. The van der Waals surface area contributed by atoms with Crippen molar-refractivity contribution >= 4 is 31.6 Å². The molecule has 1 fully saturated rings. The molecule has 1 aliphatic rings. The monoisotopic (exact) mass is 335 g/mol. The number of aromatic nitrogens is 2. The van der Waals surface area contributed by atoms with E-state index in [4.69, 9.17) is 0 Å². The van der Waals surface area contributed by atoms with Crippen LogP contribution in [0.4, 0.5) is 5.82 Å². The highest BCUT2D eigenvalue weighted by atomic mass is 79.9. The van der Waals surface area contributed by atoms with E-state index < -0.39 is 9.84 Å². The lowest BCUT2D eigenvalue weighted by atomic mass is 10.2. The van der Waals surface area contributed by atoms with Crippen molar-refractivity contribution < 1.29 is 8.42 Å². The molecule has 5 nitrogen and oxygen atoms in total. The van der Waals surface area contributed by atoms with Crippen LogP contribution in [-0.4, -0.2) is 42.8 Å². The van der Waals surface area contributed by atoms with Gasteiger partial charge in [-0.05, 0) is 13.3 Å². The van der Waals surface area contributed by atoms with Crippen LogP contribution in [0.2, 0.25) is 0 Å².